The summed E-state index contributed by atoms with van der Waals surface area (Å²) >= 11 is 0. The Labute approximate surface area is 253 Å². The Morgan fingerprint density at radius 3 is 1.79 bits per heavy atom. The summed E-state index contributed by atoms with van der Waals surface area (Å²) in [6.07, 6.45) is 3.50. The van der Waals surface area contributed by atoms with Crippen LogP contribution in [-0.4, -0.2) is 23.5 Å². The highest BCUT2D eigenvalue weighted by Crippen LogP contribution is 2.30. The summed E-state index contributed by atoms with van der Waals surface area (Å²) in [5.41, 5.74) is 1.64. The van der Waals surface area contributed by atoms with Gasteiger partial charge in [0.15, 0.2) is 5.78 Å². The van der Waals surface area contributed by atoms with E-state index in [1.54, 1.807) is 0 Å². The van der Waals surface area contributed by atoms with E-state index in [2.05, 4.69) is 75.0 Å². The molecule has 0 aliphatic rings. The predicted molar refractivity (Wildman–Crippen MR) is 172 cm³/mol. The second kappa shape index (κ2) is 15.6. The first-order valence-electron chi connectivity index (χ1n) is 14.6. The van der Waals surface area contributed by atoms with Crippen LogP contribution in [0.1, 0.15) is 69.8 Å². The van der Waals surface area contributed by atoms with E-state index in [4.69, 9.17) is 9.47 Å². The van der Waals surface area contributed by atoms with Crippen LogP contribution in [0.3, 0.4) is 0 Å². The Morgan fingerprint density at radius 2 is 1.28 bits per heavy atom. The van der Waals surface area contributed by atoms with Crippen molar-refractivity contribution < 1.29 is 28.7 Å². The molecule has 4 aromatic rings. The molecular weight excluding hydrogens is 540 g/mol. The molecule has 0 heterocycles. The van der Waals surface area contributed by atoms with E-state index >= 15 is 0 Å². The van der Waals surface area contributed by atoms with E-state index in [1.807, 2.05) is 13.8 Å². The molecule has 0 spiro atoms. The summed E-state index contributed by atoms with van der Waals surface area (Å²) in [7, 11) is 0. The number of hydrogen-bond donors (Lipinski definition) is 0. The van der Waals surface area contributed by atoms with Crippen molar-refractivity contribution in [3.05, 3.63) is 96.6 Å². The monoisotopic (exact) mass is 580 g/mol. The van der Waals surface area contributed by atoms with Crippen molar-refractivity contribution in [2.24, 2.45) is 11.8 Å². The Kier molecular flexibility index (Phi) is 11.9. The standard InChI is InChI=1S/C21H22O.C16H18O5/c1-15(2)13-18(22)11-12-21-19-9-5-3-7-16(19)14-17-8-4-6-10-20(17)21;1-5-16(19)21-14-8-12(15(18)6-10(2)3)7-13(9-14)20-11(4)17/h3-10,14-15H,11-13H2,1-2H3;5,7-10H,1,6H2,2-4H3. The molecule has 0 aliphatic carbocycles. The fraction of sp³-hybridized carbons (Fsp3) is 0.297. The van der Waals surface area contributed by atoms with Crippen molar-refractivity contribution in [3.63, 3.8) is 0 Å². The summed E-state index contributed by atoms with van der Waals surface area (Å²) in [5, 5.41) is 5.07. The highest BCUT2D eigenvalue weighted by atomic mass is 16.5. The highest BCUT2D eigenvalue weighted by Gasteiger charge is 2.14. The molecule has 43 heavy (non-hydrogen) atoms. The van der Waals surface area contributed by atoms with Gasteiger partial charge in [0.05, 0.1) is 0 Å². The minimum Gasteiger partial charge on any atom is -0.427 e. The van der Waals surface area contributed by atoms with Gasteiger partial charge < -0.3 is 9.47 Å². The average Bonchev–Trinajstić information content (AvgIpc) is 2.94. The molecule has 0 bridgehead atoms. The van der Waals surface area contributed by atoms with Gasteiger partial charge in [-0.05, 0) is 63.6 Å². The van der Waals surface area contributed by atoms with Gasteiger partial charge in [0, 0.05) is 43.9 Å². The first-order valence-corrected chi connectivity index (χ1v) is 14.6. The van der Waals surface area contributed by atoms with Crippen LogP contribution in [0.5, 0.6) is 11.5 Å². The summed E-state index contributed by atoms with van der Waals surface area (Å²) in [4.78, 5) is 46.5. The first kappa shape index (κ1) is 32.9. The van der Waals surface area contributed by atoms with Crippen molar-refractivity contribution in [2.45, 2.75) is 60.3 Å². The number of ether oxygens (including phenoxy) is 2. The van der Waals surface area contributed by atoms with Crippen molar-refractivity contribution in [3.8, 4) is 11.5 Å². The number of ketones is 2. The number of Topliss-reactive ketones (excluding diaryl/α,β-unsaturated/α-hetero) is 2. The van der Waals surface area contributed by atoms with Crippen LogP contribution in [0.15, 0.2) is 85.5 Å². The smallest absolute Gasteiger partial charge is 0.335 e. The second-order valence-corrected chi connectivity index (χ2v) is 11.4. The normalized spacial score (nSPS) is 10.8. The number of rotatable bonds is 11. The van der Waals surface area contributed by atoms with Crippen LogP contribution in [0.25, 0.3) is 21.5 Å². The molecule has 0 saturated heterocycles. The Bertz CT molecular complexity index is 1580. The number of aryl methyl sites for hydroxylation is 1. The maximum atomic E-state index is 12.1. The molecule has 0 aliphatic heterocycles. The fourth-order valence-corrected chi connectivity index (χ4v) is 4.86. The molecule has 0 radical (unpaired) electrons. The van der Waals surface area contributed by atoms with Crippen LogP contribution in [0.2, 0.25) is 0 Å². The van der Waals surface area contributed by atoms with Crippen LogP contribution in [-0.2, 0) is 20.8 Å². The van der Waals surface area contributed by atoms with E-state index in [9.17, 15) is 19.2 Å². The van der Waals surface area contributed by atoms with Gasteiger partial charge in [-0.15, -0.1) is 0 Å². The lowest BCUT2D eigenvalue weighted by Crippen LogP contribution is -2.08. The summed E-state index contributed by atoms with van der Waals surface area (Å²) in [5.74, 6) is -0.0100. The maximum absolute atomic E-state index is 12.1. The van der Waals surface area contributed by atoms with Crippen LogP contribution < -0.4 is 9.47 Å². The fourth-order valence-electron chi connectivity index (χ4n) is 4.86. The third-order valence-electron chi connectivity index (χ3n) is 6.61. The summed E-state index contributed by atoms with van der Waals surface area (Å²) in [6.45, 7) is 12.6. The third-order valence-corrected chi connectivity index (χ3v) is 6.61. The zero-order valence-corrected chi connectivity index (χ0v) is 25.6. The van der Waals surface area contributed by atoms with Crippen molar-refractivity contribution in [1.82, 2.24) is 0 Å². The molecule has 6 heteroatoms. The molecule has 0 saturated carbocycles. The Morgan fingerprint density at radius 1 is 0.744 bits per heavy atom. The van der Waals surface area contributed by atoms with Gasteiger partial charge in [0.25, 0.3) is 0 Å². The third kappa shape index (κ3) is 10.0. The molecule has 0 atom stereocenters. The van der Waals surface area contributed by atoms with Gasteiger partial charge in [-0.3, -0.25) is 14.4 Å². The maximum Gasteiger partial charge on any atom is 0.335 e. The molecule has 0 unspecified atom stereocenters. The number of benzene rings is 4. The molecule has 224 valence electrons. The lowest BCUT2D eigenvalue weighted by atomic mass is 9.92. The predicted octanol–water partition coefficient (Wildman–Crippen LogP) is 8.47. The zero-order valence-electron chi connectivity index (χ0n) is 25.6. The average molecular weight is 581 g/mol. The molecule has 4 rings (SSSR count). The Balaban J connectivity index is 0.000000236. The molecule has 0 fully saturated rings. The number of carbonyl (C=O) groups is 4. The van der Waals surface area contributed by atoms with E-state index in [-0.39, 0.29) is 23.2 Å². The SMILES string of the molecule is C=CC(=O)Oc1cc(OC(C)=O)cc(C(=O)CC(C)C)c1.CC(C)CC(=O)CCc1c2ccccc2cc2ccccc12. The minimum atomic E-state index is -0.655. The number of fused-ring (bicyclic) bond motifs is 2. The van der Waals surface area contributed by atoms with Gasteiger partial charge in [-0.1, -0.05) is 82.8 Å². The number of esters is 2. The molecule has 4 aromatic carbocycles. The van der Waals surface area contributed by atoms with Crippen molar-refractivity contribution in [1.29, 1.82) is 0 Å². The van der Waals surface area contributed by atoms with E-state index < -0.39 is 11.9 Å². The number of carbonyl (C=O) groups excluding carboxylic acids is 4. The van der Waals surface area contributed by atoms with Gasteiger partial charge in [0.2, 0.25) is 0 Å². The van der Waals surface area contributed by atoms with Gasteiger partial charge in [0.1, 0.15) is 17.3 Å². The van der Waals surface area contributed by atoms with Crippen molar-refractivity contribution in [2.75, 3.05) is 0 Å². The first-order chi connectivity index (χ1) is 20.5. The Hall–Kier alpha value is -4.58. The van der Waals surface area contributed by atoms with E-state index in [1.165, 1.54) is 52.2 Å². The van der Waals surface area contributed by atoms with Crippen molar-refractivity contribution >= 4 is 45.0 Å². The minimum absolute atomic E-state index is 0.116. The second-order valence-electron chi connectivity index (χ2n) is 11.4. The molecular formula is C37H40O6. The molecule has 6 nitrogen and oxygen atoms in total. The lowest BCUT2D eigenvalue weighted by molar-refractivity contribution is -0.132. The lowest BCUT2D eigenvalue weighted by Gasteiger charge is -2.12. The van der Waals surface area contributed by atoms with Crippen LogP contribution >= 0.6 is 0 Å². The molecule has 0 N–H and O–H groups in total. The van der Waals surface area contributed by atoms with Gasteiger partial charge in [-0.25, -0.2) is 4.79 Å². The van der Waals surface area contributed by atoms with Crippen LogP contribution in [0, 0.1) is 11.8 Å². The zero-order chi connectivity index (χ0) is 31.5. The summed E-state index contributed by atoms with van der Waals surface area (Å²) in [6, 6.07) is 23.5. The topological polar surface area (TPSA) is 86.7 Å². The van der Waals surface area contributed by atoms with Gasteiger partial charge >= 0.3 is 11.9 Å². The van der Waals surface area contributed by atoms with Gasteiger partial charge in [-0.2, -0.15) is 0 Å². The largest absolute Gasteiger partial charge is 0.427 e. The number of hydrogen-bond acceptors (Lipinski definition) is 6. The molecule has 0 amide bonds. The highest BCUT2D eigenvalue weighted by molar-refractivity contribution is 6.02. The molecule has 0 aromatic heterocycles. The quantitative estimate of drug-likeness (QED) is 0.0581. The van der Waals surface area contributed by atoms with E-state index in [0.29, 0.717) is 36.5 Å². The summed E-state index contributed by atoms with van der Waals surface area (Å²) < 4.78 is 9.94. The van der Waals surface area contributed by atoms with E-state index in [0.717, 1.165) is 12.5 Å². The van der Waals surface area contributed by atoms with Crippen LogP contribution in [0.4, 0.5) is 0 Å².